The molecule has 148 valence electrons. The van der Waals surface area contributed by atoms with Crippen molar-refractivity contribution in [3.05, 3.63) is 53.6 Å². The zero-order valence-electron chi connectivity index (χ0n) is 16.4. The summed E-state index contributed by atoms with van der Waals surface area (Å²) >= 11 is 0. The highest BCUT2D eigenvalue weighted by Gasteiger charge is 2.26. The molecule has 1 heterocycles. The van der Waals surface area contributed by atoms with E-state index in [0.717, 1.165) is 36.2 Å². The van der Waals surface area contributed by atoms with E-state index in [1.165, 1.54) is 0 Å². The molecule has 0 aromatic heterocycles. The predicted molar refractivity (Wildman–Crippen MR) is 112 cm³/mol. The normalized spacial score (nSPS) is 15.0. The molecule has 0 radical (unpaired) electrons. The van der Waals surface area contributed by atoms with Gasteiger partial charge in [0, 0.05) is 33.7 Å². The van der Waals surface area contributed by atoms with Crippen molar-refractivity contribution in [2.75, 3.05) is 37.4 Å². The van der Waals surface area contributed by atoms with Gasteiger partial charge in [-0.2, -0.15) is 9.57 Å². The third-order valence-corrected chi connectivity index (χ3v) is 6.90. The molecule has 1 fully saturated rings. The van der Waals surface area contributed by atoms with Crippen LogP contribution in [-0.2, 0) is 16.6 Å². The molecule has 0 amide bonds. The van der Waals surface area contributed by atoms with Gasteiger partial charge >= 0.3 is 0 Å². The molecule has 6 nitrogen and oxygen atoms in total. The lowest BCUT2D eigenvalue weighted by molar-refractivity contribution is 0.346. The average Bonchev–Trinajstić information content (AvgIpc) is 2.72. The largest absolute Gasteiger partial charge is 0.379 e. The molecule has 0 saturated carbocycles. The smallest absolute Gasteiger partial charge is 0.243 e. The lowest BCUT2D eigenvalue weighted by Crippen LogP contribution is -2.35. The SMILES string of the molecule is CN(C)c1ccc(S(=O)(=O)N2CCCCC2)cc1NCc1ccccc1C#N. The number of nitriles is 1. The van der Waals surface area contributed by atoms with E-state index in [0.29, 0.717) is 30.1 Å². The number of nitrogens with one attached hydrogen (secondary N) is 1. The molecule has 7 heteroatoms. The van der Waals surface area contributed by atoms with Gasteiger partial charge in [-0.15, -0.1) is 0 Å². The van der Waals surface area contributed by atoms with E-state index in [4.69, 9.17) is 0 Å². The molecule has 0 aliphatic carbocycles. The molecule has 0 atom stereocenters. The summed E-state index contributed by atoms with van der Waals surface area (Å²) in [4.78, 5) is 2.24. The third kappa shape index (κ3) is 4.29. The van der Waals surface area contributed by atoms with Gasteiger partial charge < -0.3 is 10.2 Å². The minimum atomic E-state index is -3.50. The molecule has 0 unspecified atom stereocenters. The number of sulfonamides is 1. The van der Waals surface area contributed by atoms with Gasteiger partial charge in [0.2, 0.25) is 10.0 Å². The van der Waals surface area contributed by atoms with Crippen LogP contribution in [0.25, 0.3) is 0 Å². The maximum Gasteiger partial charge on any atom is 0.243 e. The minimum Gasteiger partial charge on any atom is -0.379 e. The van der Waals surface area contributed by atoms with Crippen LogP contribution in [0.3, 0.4) is 0 Å². The summed E-state index contributed by atoms with van der Waals surface area (Å²) in [6.07, 6.45) is 2.90. The van der Waals surface area contributed by atoms with Crippen molar-refractivity contribution in [1.29, 1.82) is 5.26 Å². The van der Waals surface area contributed by atoms with Crippen LogP contribution in [0.2, 0.25) is 0 Å². The summed E-state index contributed by atoms with van der Waals surface area (Å²) in [7, 11) is 0.338. The van der Waals surface area contributed by atoms with Crippen molar-refractivity contribution in [2.24, 2.45) is 0 Å². The van der Waals surface area contributed by atoms with Gasteiger partial charge in [-0.3, -0.25) is 0 Å². The van der Waals surface area contributed by atoms with E-state index in [1.807, 2.05) is 43.3 Å². The Morgan fingerprint density at radius 1 is 1.11 bits per heavy atom. The molecular weight excluding hydrogens is 372 g/mol. The van der Waals surface area contributed by atoms with E-state index < -0.39 is 10.0 Å². The number of nitrogens with zero attached hydrogens (tertiary/aromatic N) is 3. The molecule has 1 aliphatic rings. The highest BCUT2D eigenvalue weighted by Crippen LogP contribution is 2.30. The fraction of sp³-hybridized carbons (Fsp3) is 0.381. The van der Waals surface area contributed by atoms with E-state index in [9.17, 15) is 13.7 Å². The monoisotopic (exact) mass is 398 g/mol. The Kier molecular flexibility index (Phi) is 6.22. The fourth-order valence-corrected chi connectivity index (χ4v) is 4.98. The van der Waals surface area contributed by atoms with Gasteiger partial charge in [-0.05, 0) is 42.7 Å². The standard InChI is InChI=1S/C21H26N4O2S/c1-24(2)21-11-10-19(28(26,27)25-12-6-3-7-13-25)14-20(21)23-16-18-9-5-4-8-17(18)15-22/h4-5,8-11,14,23H,3,6-7,12-13,16H2,1-2H3. The molecule has 2 aromatic carbocycles. The van der Waals surface area contributed by atoms with Crippen LogP contribution in [0, 0.1) is 11.3 Å². The minimum absolute atomic E-state index is 0.302. The van der Waals surface area contributed by atoms with Crippen LogP contribution in [0.1, 0.15) is 30.4 Å². The van der Waals surface area contributed by atoms with Gasteiger partial charge in [0.1, 0.15) is 0 Å². The number of rotatable bonds is 6. The van der Waals surface area contributed by atoms with Crippen molar-refractivity contribution in [1.82, 2.24) is 4.31 Å². The van der Waals surface area contributed by atoms with Crippen molar-refractivity contribution in [3.63, 3.8) is 0 Å². The van der Waals surface area contributed by atoms with Crippen LogP contribution in [0.4, 0.5) is 11.4 Å². The number of benzene rings is 2. The van der Waals surface area contributed by atoms with Crippen LogP contribution >= 0.6 is 0 Å². The van der Waals surface area contributed by atoms with E-state index in [2.05, 4.69) is 11.4 Å². The van der Waals surface area contributed by atoms with Gasteiger partial charge in [0.25, 0.3) is 0 Å². The Labute approximate surface area is 167 Å². The molecule has 1 saturated heterocycles. The lowest BCUT2D eigenvalue weighted by atomic mass is 10.1. The second-order valence-corrected chi connectivity index (χ2v) is 9.10. The first kappa shape index (κ1) is 20.2. The molecule has 3 rings (SSSR count). The van der Waals surface area contributed by atoms with E-state index in [-0.39, 0.29) is 0 Å². The first-order chi connectivity index (χ1) is 13.4. The summed E-state index contributed by atoms with van der Waals surface area (Å²) in [5.74, 6) is 0. The molecule has 28 heavy (non-hydrogen) atoms. The second kappa shape index (κ2) is 8.63. The maximum atomic E-state index is 13.0. The number of anilines is 2. The molecular formula is C21H26N4O2S. The first-order valence-corrected chi connectivity index (χ1v) is 10.9. The lowest BCUT2D eigenvalue weighted by Gasteiger charge is -2.27. The zero-order valence-corrected chi connectivity index (χ0v) is 17.2. The van der Waals surface area contributed by atoms with Crippen LogP contribution in [0.5, 0.6) is 0 Å². The Hall–Kier alpha value is -2.56. The Morgan fingerprint density at radius 3 is 2.50 bits per heavy atom. The summed E-state index contributed by atoms with van der Waals surface area (Å²) < 4.78 is 27.7. The molecule has 1 aliphatic heterocycles. The maximum absolute atomic E-state index is 13.0. The van der Waals surface area contributed by atoms with Crippen molar-refractivity contribution in [3.8, 4) is 6.07 Å². The van der Waals surface area contributed by atoms with Crippen LogP contribution in [0.15, 0.2) is 47.4 Å². The summed E-state index contributed by atoms with van der Waals surface area (Å²) in [6.45, 7) is 1.60. The summed E-state index contributed by atoms with van der Waals surface area (Å²) in [6, 6.07) is 14.8. The Morgan fingerprint density at radius 2 is 1.82 bits per heavy atom. The highest BCUT2D eigenvalue weighted by molar-refractivity contribution is 7.89. The zero-order chi connectivity index (χ0) is 20.1. The van der Waals surface area contributed by atoms with Gasteiger partial charge in [-0.25, -0.2) is 8.42 Å². The van der Waals surface area contributed by atoms with Gasteiger partial charge in [-0.1, -0.05) is 24.6 Å². The Balaban J connectivity index is 1.91. The Bertz CT molecular complexity index is 974. The second-order valence-electron chi connectivity index (χ2n) is 7.16. The summed E-state index contributed by atoms with van der Waals surface area (Å²) in [5, 5.41) is 12.6. The molecule has 0 bridgehead atoms. The molecule has 2 aromatic rings. The predicted octanol–water partition coefficient (Wildman–Crippen LogP) is 3.41. The molecule has 0 spiro atoms. The highest BCUT2D eigenvalue weighted by atomic mass is 32.2. The van der Waals surface area contributed by atoms with E-state index >= 15 is 0 Å². The number of piperidine rings is 1. The number of hydrogen-bond acceptors (Lipinski definition) is 5. The summed E-state index contributed by atoms with van der Waals surface area (Å²) in [5.41, 5.74) is 3.11. The van der Waals surface area contributed by atoms with Crippen molar-refractivity contribution < 1.29 is 8.42 Å². The third-order valence-electron chi connectivity index (χ3n) is 5.01. The van der Waals surface area contributed by atoms with Gasteiger partial charge in [0.15, 0.2) is 0 Å². The van der Waals surface area contributed by atoms with Crippen molar-refractivity contribution >= 4 is 21.4 Å². The van der Waals surface area contributed by atoms with Crippen LogP contribution < -0.4 is 10.2 Å². The van der Waals surface area contributed by atoms with Crippen molar-refractivity contribution in [2.45, 2.75) is 30.7 Å². The van der Waals surface area contributed by atoms with Crippen LogP contribution in [-0.4, -0.2) is 39.9 Å². The average molecular weight is 399 g/mol. The van der Waals surface area contributed by atoms with Gasteiger partial charge in [0.05, 0.1) is 27.9 Å². The number of hydrogen-bond donors (Lipinski definition) is 1. The quantitative estimate of drug-likeness (QED) is 0.807. The fourth-order valence-electron chi connectivity index (χ4n) is 3.44. The topological polar surface area (TPSA) is 76.4 Å². The first-order valence-electron chi connectivity index (χ1n) is 9.47. The molecule has 1 N–H and O–H groups in total. The van der Waals surface area contributed by atoms with E-state index in [1.54, 1.807) is 22.5 Å².